The summed E-state index contributed by atoms with van der Waals surface area (Å²) < 4.78 is 28.6. The third-order valence-corrected chi connectivity index (χ3v) is 5.97. The fraction of sp³-hybridized carbons (Fsp3) is 0.650. The first-order valence-corrected chi connectivity index (χ1v) is 11.7. The smallest absolute Gasteiger partial charge is 0.191 e. The van der Waals surface area contributed by atoms with Crippen molar-refractivity contribution in [1.29, 1.82) is 0 Å². The highest BCUT2D eigenvalue weighted by molar-refractivity contribution is 7.90. The molecule has 0 radical (unpaired) electrons. The molecule has 1 fully saturated rings. The van der Waals surface area contributed by atoms with Crippen molar-refractivity contribution < 1.29 is 13.2 Å². The Morgan fingerprint density at radius 1 is 1.18 bits per heavy atom. The molecule has 0 bridgehead atoms. The van der Waals surface area contributed by atoms with Gasteiger partial charge in [-0.05, 0) is 30.0 Å². The van der Waals surface area contributed by atoms with E-state index in [4.69, 9.17) is 4.74 Å². The van der Waals surface area contributed by atoms with Crippen molar-refractivity contribution in [3.8, 4) is 0 Å². The second kappa shape index (κ2) is 10.8. The molecular formula is C20H34N4O3S. The number of hydrogen-bond acceptors (Lipinski definition) is 5. The van der Waals surface area contributed by atoms with Gasteiger partial charge in [-0.3, -0.25) is 9.89 Å². The van der Waals surface area contributed by atoms with Gasteiger partial charge >= 0.3 is 0 Å². The fourth-order valence-corrected chi connectivity index (χ4v) is 3.95. The Morgan fingerprint density at radius 3 is 2.36 bits per heavy atom. The number of ether oxygens (including phenoxy) is 1. The molecule has 0 amide bonds. The number of nitrogens with one attached hydrogen (secondary N) is 2. The molecule has 1 aromatic carbocycles. The first kappa shape index (κ1) is 22.6. The molecule has 1 atom stereocenters. The summed E-state index contributed by atoms with van der Waals surface area (Å²) in [4.78, 5) is 7.14. The normalized spacial score (nSPS) is 17.5. The molecule has 0 aliphatic carbocycles. The number of benzene rings is 1. The van der Waals surface area contributed by atoms with Gasteiger partial charge in [-0.25, -0.2) is 8.42 Å². The highest BCUT2D eigenvalue weighted by atomic mass is 32.2. The number of hydrogen-bond donors (Lipinski definition) is 2. The van der Waals surface area contributed by atoms with Crippen molar-refractivity contribution >= 4 is 15.8 Å². The Bertz CT molecular complexity index is 726. The van der Waals surface area contributed by atoms with Crippen LogP contribution in [-0.2, 0) is 21.1 Å². The average Bonchev–Trinajstić information content (AvgIpc) is 2.67. The van der Waals surface area contributed by atoms with E-state index in [1.165, 1.54) is 6.26 Å². The van der Waals surface area contributed by atoms with E-state index in [1.807, 2.05) is 12.1 Å². The summed E-state index contributed by atoms with van der Waals surface area (Å²) in [6, 6.07) is 7.37. The standard InChI is InChI=1S/C20H34N4O3S/c1-16(2)13-18(24-9-11-27-12-10-24)15-23-20(21-3)22-14-17-5-7-19(8-6-17)28(4,25)26/h5-8,16,18H,9-15H2,1-4H3,(H2,21,22,23). The molecular weight excluding hydrogens is 376 g/mol. The SMILES string of the molecule is CN=C(NCc1ccc(S(C)(=O)=O)cc1)NCC(CC(C)C)N1CCOCC1. The Kier molecular flexibility index (Phi) is 8.72. The molecule has 28 heavy (non-hydrogen) atoms. The maximum Gasteiger partial charge on any atom is 0.191 e. The maximum absolute atomic E-state index is 11.6. The maximum atomic E-state index is 11.6. The van der Waals surface area contributed by atoms with Crippen LogP contribution in [0.2, 0.25) is 0 Å². The predicted molar refractivity (Wildman–Crippen MR) is 113 cm³/mol. The number of aliphatic imine (C=N–C) groups is 1. The topological polar surface area (TPSA) is 83.0 Å². The molecule has 1 aromatic rings. The lowest BCUT2D eigenvalue weighted by atomic mass is 10.0. The van der Waals surface area contributed by atoms with Crippen molar-refractivity contribution in [1.82, 2.24) is 15.5 Å². The van der Waals surface area contributed by atoms with Crippen LogP contribution in [0.4, 0.5) is 0 Å². The summed E-state index contributed by atoms with van der Waals surface area (Å²) in [5, 5.41) is 6.74. The Morgan fingerprint density at radius 2 is 1.82 bits per heavy atom. The van der Waals surface area contributed by atoms with Gasteiger partial charge in [-0.2, -0.15) is 0 Å². The van der Waals surface area contributed by atoms with Gasteiger partial charge < -0.3 is 15.4 Å². The van der Waals surface area contributed by atoms with Crippen molar-refractivity contribution in [3.05, 3.63) is 29.8 Å². The minimum Gasteiger partial charge on any atom is -0.379 e. The molecule has 0 spiro atoms. The van der Waals surface area contributed by atoms with Gasteiger partial charge in [0.25, 0.3) is 0 Å². The van der Waals surface area contributed by atoms with Gasteiger partial charge in [0.05, 0.1) is 18.1 Å². The van der Waals surface area contributed by atoms with Crippen molar-refractivity contribution in [2.45, 2.75) is 37.8 Å². The van der Waals surface area contributed by atoms with Gasteiger partial charge in [-0.15, -0.1) is 0 Å². The Hall–Kier alpha value is -1.64. The lowest BCUT2D eigenvalue weighted by molar-refractivity contribution is 0.0132. The molecule has 1 unspecified atom stereocenters. The Labute approximate surface area is 169 Å². The second-order valence-corrected chi connectivity index (χ2v) is 9.67. The van der Waals surface area contributed by atoms with Crippen LogP contribution in [0.25, 0.3) is 0 Å². The van der Waals surface area contributed by atoms with Crippen molar-refractivity contribution in [2.24, 2.45) is 10.9 Å². The summed E-state index contributed by atoms with van der Waals surface area (Å²) in [6.07, 6.45) is 2.34. The highest BCUT2D eigenvalue weighted by Crippen LogP contribution is 2.13. The van der Waals surface area contributed by atoms with Gasteiger partial charge in [-0.1, -0.05) is 26.0 Å². The predicted octanol–water partition coefficient (Wildman–Crippen LogP) is 1.50. The Balaban J connectivity index is 1.88. The lowest BCUT2D eigenvalue weighted by Crippen LogP contribution is -2.50. The molecule has 2 rings (SSSR count). The third-order valence-electron chi connectivity index (χ3n) is 4.85. The third kappa shape index (κ3) is 7.41. The quantitative estimate of drug-likeness (QED) is 0.499. The fourth-order valence-electron chi connectivity index (χ4n) is 3.32. The molecule has 8 heteroatoms. The first-order chi connectivity index (χ1) is 13.3. The molecule has 1 heterocycles. The molecule has 7 nitrogen and oxygen atoms in total. The zero-order valence-electron chi connectivity index (χ0n) is 17.4. The van der Waals surface area contributed by atoms with Gasteiger partial charge in [0, 0.05) is 45.5 Å². The van der Waals surface area contributed by atoms with E-state index in [-0.39, 0.29) is 0 Å². The van der Waals surface area contributed by atoms with Gasteiger partial charge in [0.1, 0.15) is 0 Å². The largest absolute Gasteiger partial charge is 0.379 e. The number of guanidine groups is 1. The number of rotatable bonds is 8. The summed E-state index contributed by atoms with van der Waals surface area (Å²) in [7, 11) is -1.41. The highest BCUT2D eigenvalue weighted by Gasteiger charge is 2.22. The zero-order chi connectivity index (χ0) is 20.6. The average molecular weight is 411 g/mol. The van der Waals surface area contributed by atoms with E-state index >= 15 is 0 Å². The van der Waals surface area contributed by atoms with E-state index < -0.39 is 9.84 Å². The van der Waals surface area contributed by atoms with Gasteiger partial charge in [0.15, 0.2) is 15.8 Å². The molecule has 1 saturated heterocycles. The zero-order valence-corrected chi connectivity index (χ0v) is 18.3. The molecule has 0 saturated carbocycles. The number of morpholine rings is 1. The van der Waals surface area contributed by atoms with Crippen LogP contribution in [0.1, 0.15) is 25.8 Å². The minimum absolute atomic E-state index is 0.334. The summed E-state index contributed by atoms with van der Waals surface area (Å²) in [5.41, 5.74) is 1.00. The lowest BCUT2D eigenvalue weighted by Gasteiger charge is -2.35. The number of sulfone groups is 1. The monoisotopic (exact) mass is 410 g/mol. The van der Waals surface area contributed by atoms with Crippen LogP contribution in [0, 0.1) is 5.92 Å². The molecule has 0 aromatic heterocycles. The van der Waals surface area contributed by atoms with Crippen LogP contribution < -0.4 is 10.6 Å². The summed E-state index contributed by atoms with van der Waals surface area (Å²) >= 11 is 0. The minimum atomic E-state index is -3.16. The van der Waals surface area contributed by atoms with E-state index in [0.717, 1.165) is 50.8 Å². The van der Waals surface area contributed by atoms with E-state index in [1.54, 1.807) is 19.2 Å². The van der Waals surface area contributed by atoms with Crippen molar-refractivity contribution in [3.63, 3.8) is 0 Å². The molecule has 158 valence electrons. The van der Waals surface area contributed by atoms with Gasteiger partial charge in [0.2, 0.25) is 0 Å². The van der Waals surface area contributed by atoms with Crippen LogP contribution in [-0.4, -0.2) is 71.5 Å². The van der Waals surface area contributed by atoms with E-state index in [2.05, 4.69) is 34.4 Å². The summed E-state index contributed by atoms with van der Waals surface area (Å²) in [6.45, 7) is 9.44. The van der Waals surface area contributed by atoms with Crippen LogP contribution in [0.3, 0.4) is 0 Å². The molecule has 1 aliphatic heterocycles. The second-order valence-electron chi connectivity index (χ2n) is 7.65. The number of nitrogens with zero attached hydrogens (tertiary/aromatic N) is 2. The molecule has 2 N–H and O–H groups in total. The van der Waals surface area contributed by atoms with Crippen LogP contribution in [0.15, 0.2) is 34.2 Å². The van der Waals surface area contributed by atoms with E-state index in [0.29, 0.717) is 23.4 Å². The molecule has 1 aliphatic rings. The van der Waals surface area contributed by atoms with Crippen LogP contribution >= 0.6 is 0 Å². The van der Waals surface area contributed by atoms with Crippen LogP contribution in [0.5, 0.6) is 0 Å². The first-order valence-electron chi connectivity index (χ1n) is 9.85. The van der Waals surface area contributed by atoms with E-state index in [9.17, 15) is 8.42 Å². The summed E-state index contributed by atoms with van der Waals surface area (Å²) in [5.74, 6) is 1.37. The van der Waals surface area contributed by atoms with Crippen molar-refractivity contribution in [2.75, 3.05) is 46.2 Å².